The fourth-order valence-corrected chi connectivity index (χ4v) is 3.31. The zero-order valence-electron chi connectivity index (χ0n) is 11.0. The molecule has 19 heavy (non-hydrogen) atoms. The molecule has 1 aliphatic heterocycles. The van der Waals surface area contributed by atoms with E-state index in [4.69, 9.17) is 0 Å². The Balaban J connectivity index is 2.17. The van der Waals surface area contributed by atoms with Gasteiger partial charge in [-0.1, -0.05) is 60.7 Å². The molecular weight excluding hydrogens is 234 g/mol. The van der Waals surface area contributed by atoms with Crippen molar-refractivity contribution < 1.29 is 5.11 Å². The van der Waals surface area contributed by atoms with Gasteiger partial charge in [0, 0.05) is 6.54 Å². The Morgan fingerprint density at radius 3 is 1.89 bits per heavy atom. The molecule has 2 aromatic rings. The van der Waals surface area contributed by atoms with Crippen LogP contribution in [-0.4, -0.2) is 23.3 Å². The molecule has 3 rings (SSSR count). The highest BCUT2D eigenvalue weighted by molar-refractivity contribution is 5.39. The summed E-state index contributed by atoms with van der Waals surface area (Å²) in [5.74, 6) is 0. The number of benzene rings is 2. The second kappa shape index (κ2) is 5.16. The van der Waals surface area contributed by atoms with Crippen LogP contribution in [0.4, 0.5) is 0 Å². The Hall–Kier alpha value is -1.64. The summed E-state index contributed by atoms with van der Waals surface area (Å²) in [5.41, 5.74) is 2.37. The van der Waals surface area contributed by atoms with Crippen molar-refractivity contribution in [3.63, 3.8) is 0 Å². The third kappa shape index (κ3) is 1.97. The average Bonchev–Trinajstić information content (AvgIpc) is 2.94. The van der Waals surface area contributed by atoms with E-state index in [1.807, 2.05) is 12.1 Å². The van der Waals surface area contributed by atoms with Crippen LogP contribution in [0, 0.1) is 0 Å². The lowest BCUT2D eigenvalue weighted by atomic mass is 9.81. The van der Waals surface area contributed by atoms with E-state index in [-0.39, 0.29) is 12.3 Å². The SMILES string of the molecule is OCN1CCCC1(c1ccccc1)c1ccccc1. The molecule has 98 valence electrons. The van der Waals surface area contributed by atoms with Gasteiger partial charge in [0.15, 0.2) is 0 Å². The summed E-state index contributed by atoms with van der Waals surface area (Å²) in [6.07, 6.45) is 2.17. The van der Waals surface area contributed by atoms with E-state index < -0.39 is 0 Å². The van der Waals surface area contributed by atoms with E-state index in [1.165, 1.54) is 11.1 Å². The minimum Gasteiger partial charge on any atom is -0.381 e. The summed E-state index contributed by atoms with van der Waals surface area (Å²) in [7, 11) is 0. The van der Waals surface area contributed by atoms with Crippen molar-refractivity contribution in [1.82, 2.24) is 4.90 Å². The summed E-state index contributed by atoms with van der Waals surface area (Å²) in [6.45, 7) is 1.05. The molecule has 0 spiro atoms. The van der Waals surface area contributed by atoms with E-state index in [2.05, 4.69) is 53.4 Å². The van der Waals surface area contributed by atoms with Crippen molar-refractivity contribution in [3.05, 3.63) is 71.8 Å². The van der Waals surface area contributed by atoms with Gasteiger partial charge in [0.25, 0.3) is 0 Å². The molecule has 0 saturated carbocycles. The largest absolute Gasteiger partial charge is 0.381 e. The van der Waals surface area contributed by atoms with Gasteiger partial charge in [0.05, 0.1) is 12.3 Å². The van der Waals surface area contributed by atoms with Crippen LogP contribution >= 0.6 is 0 Å². The van der Waals surface area contributed by atoms with Gasteiger partial charge in [-0.15, -0.1) is 0 Å². The fourth-order valence-electron chi connectivity index (χ4n) is 3.31. The molecule has 0 aliphatic carbocycles. The van der Waals surface area contributed by atoms with Gasteiger partial charge < -0.3 is 5.11 Å². The van der Waals surface area contributed by atoms with Crippen LogP contribution in [0.1, 0.15) is 24.0 Å². The van der Waals surface area contributed by atoms with Crippen molar-refractivity contribution in [2.45, 2.75) is 18.4 Å². The molecule has 1 N–H and O–H groups in total. The zero-order valence-corrected chi connectivity index (χ0v) is 11.0. The van der Waals surface area contributed by atoms with E-state index in [0.717, 1.165) is 19.4 Å². The Bertz CT molecular complexity index is 484. The summed E-state index contributed by atoms with van der Waals surface area (Å²) in [4.78, 5) is 2.18. The lowest BCUT2D eigenvalue weighted by molar-refractivity contribution is 0.0570. The third-order valence-electron chi connectivity index (χ3n) is 4.18. The average molecular weight is 253 g/mol. The van der Waals surface area contributed by atoms with E-state index >= 15 is 0 Å². The van der Waals surface area contributed by atoms with E-state index in [1.54, 1.807) is 0 Å². The van der Waals surface area contributed by atoms with Crippen LogP contribution in [0.15, 0.2) is 60.7 Å². The van der Waals surface area contributed by atoms with Gasteiger partial charge in [0.1, 0.15) is 0 Å². The Labute approximate surface area is 114 Å². The first-order valence-corrected chi connectivity index (χ1v) is 6.85. The van der Waals surface area contributed by atoms with Crippen LogP contribution < -0.4 is 0 Å². The van der Waals surface area contributed by atoms with Gasteiger partial charge in [-0.05, 0) is 24.0 Å². The predicted octanol–water partition coefficient (Wildman–Crippen LogP) is 2.98. The van der Waals surface area contributed by atoms with Gasteiger partial charge in [0.2, 0.25) is 0 Å². The van der Waals surface area contributed by atoms with Crippen molar-refractivity contribution >= 4 is 0 Å². The first kappa shape index (κ1) is 12.4. The van der Waals surface area contributed by atoms with Gasteiger partial charge in [-0.3, -0.25) is 4.90 Å². The minimum absolute atomic E-state index is 0.101. The molecule has 0 aromatic heterocycles. The zero-order chi connectivity index (χ0) is 13.1. The Morgan fingerprint density at radius 1 is 0.895 bits per heavy atom. The minimum atomic E-state index is -0.169. The van der Waals surface area contributed by atoms with Crippen LogP contribution in [0.5, 0.6) is 0 Å². The van der Waals surface area contributed by atoms with Crippen LogP contribution in [0.2, 0.25) is 0 Å². The number of nitrogens with zero attached hydrogens (tertiary/aromatic N) is 1. The summed E-state index contributed by atoms with van der Waals surface area (Å²) < 4.78 is 0. The number of aliphatic hydroxyl groups excluding tert-OH is 1. The van der Waals surface area contributed by atoms with Crippen LogP contribution in [0.25, 0.3) is 0 Å². The van der Waals surface area contributed by atoms with Crippen molar-refractivity contribution in [2.75, 3.05) is 13.3 Å². The van der Waals surface area contributed by atoms with E-state index in [0.29, 0.717) is 0 Å². The summed E-state index contributed by atoms with van der Waals surface area (Å²) in [6, 6.07) is 21.1. The van der Waals surface area contributed by atoms with Crippen molar-refractivity contribution in [2.24, 2.45) is 0 Å². The monoisotopic (exact) mass is 253 g/mol. The molecular formula is C17H19NO. The Kier molecular flexibility index (Phi) is 3.36. The van der Waals surface area contributed by atoms with Gasteiger partial charge in [-0.2, -0.15) is 0 Å². The standard InChI is InChI=1S/C17H19NO/c19-14-18-13-7-12-17(18,15-8-3-1-4-9-15)16-10-5-2-6-11-16/h1-6,8-11,19H,7,12-14H2. The molecule has 0 amide bonds. The third-order valence-corrected chi connectivity index (χ3v) is 4.18. The molecule has 1 fully saturated rings. The normalized spacial score (nSPS) is 18.6. The van der Waals surface area contributed by atoms with Gasteiger partial charge >= 0.3 is 0 Å². The van der Waals surface area contributed by atoms with Crippen LogP contribution in [-0.2, 0) is 5.54 Å². The fraction of sp³-hybridized carbons (Fsp3) is 0.294. The highest BCUT2D eigenvalue weighted by atomic mass is 16.3. The number of likely N-dealkylation sites (tertiary alicyclic amines) is 1. The highest BCUT2D eigenvalue weighted by Gasteiger charge is 2.43. The smallest absolute Gasteiger partial charge is 0.0966 e. The first-order chi connectivity index (χ1) is 9.38. The molecule has 2 aromatic carbocycles. The van der Waals surface area contributed by atoms with Gasteiger partial charge in [-0.25, -0.2) is 0 Å². The second-order valence-electron chi connectivity index (χ2n) is 5.10. The first-order valence-electron chi connectivity index (χ1n) is 6.85. The van der Waals surface area contributed by atoms with Crippen LogP contribution in [0.3, 0.4) is 0 Å². The number of hydrogen-bond acceptors (Lipinski definition) is 2. The molecule has 1 saturated heterocycles. The lowest BCUT2D eigenvalue weighted by Gasteiger charge is -2.38. The predicted molar refractivity (Wildman–Crippen MR) is 76.7 cm³/mol. The molecule has 2 heteroatoms. The maximum Gasteiger partial charge on any atom is 0.0966 e. The maximum absolute atomic E-state index is 9.75. The molecule has 0 radical (unpaired) electrons. The summed E-state index contributed by atoms with van der Waals surface area (Å²) >= 11 is 0. The Morgan fingerprint density at radius 2 is 1.42 bits per heavy atom. The molecule has 1 aliphatic rings. The number of aliphatic hydroxyl groups is 1. The molecule has 0 unspecified atom stereocenters. The quantitative estimate of drug-likeness (QED) is 0.909. The van der Waals surface area contributed by atoms with E-state index in [9.17, 15) is 5.11 Å². The topological polar surface area (TPSA) is 23.5 Å². The van der Waals surface area contributed by atoms with Crippen molar-refractivity contribution in [3.8, 4) is 0 Å². The molecule has 0 atom stereocenters. The number of rotatable bonds is 3. The highest BCUT2D eigenvalue weighted by Crippen LogP contribution is 2.43. The molecule has 1 heterocycles. The second-order valence-corrected chi connectivity index (χ2v) is 5.10. The maximum atomic E-state index is 9.75. The lowest BCUT2D eigenvalue weighted by Crippen LogP contribution is -2.42. The molecule has 0 bridgehead atoms. The van der Waals surface area contributed by atoms with Crippen molar-refractivity contribution in [1.29, 1.82) is 0 Å². The number of hydrogen-bond donors (Lipinski definition) is 1. The summed E-state index contributed by atoms with van der Waals surface area (Å²) in [5, 5.41) is 9.75. The molecule has 2 nitrogen and oxygen atoms in total.